The number of para-hydroxylation sites is 2. The number of hydrogen-bond donors (Lipinski definition) is 0. The van der Waals surface area contributed by atoms with Gasteiger partial charge in [-0.15, -0.1) is 0 Å². The first-order chi connectivity index (χ1) is 28.2. The molecule has 0 N–H and O–H groups in total. The predicted molar refractivity (Wildman–Crippen MR) is 238 cm³/mol. The molecule has 0 unspecified atom stereocenters. The van der Waals surface area contributed by atoms with Gasteiger partial charge in [0, 0.05) is 62.0 Å². The molecular weight excluding hydrogens is 693 g/mol. The van der Waals surface area contributed by atoms with Crippen molar-refractivity contribution in [1.82, 2.24) is 19.1 Å². The summed E-state index contributed by atoms with van der Waals surface area (Å²) < 4.78 is 4.69. The fourth-order valence-corrected chi connectivity index (χ4v) is 8.50. The third kappa shape index (κ3) is 5.61. The monoisotopic (exact) mass is 728 g/mol. The summed E-state index contributed by atoms with van der Waals surface area (Å²) >= 11 is 0. The van der Waals surface area contributed by atoms with Crippen LogP contribution in [0.1, 0.15) is 0 Å². The van der Waals surface area contributed by atoms with E-state index in [0.717, 1.165) is 44.9 Å². The van der Waals surface area contributed by atoms with Crippen LogP contribution in [0.25, 0.3) is 105 Å². The van der Waals surface area contributed by atoms with Gasteiger partial charge in [0.05, 0.1) is 22.4 Å². The lowest BCUT2D eigenvalue weighted by Crippen LogP contribution is -1.96. The van der Waals surface area contributed by atoms with E-state index in [1.807, 2.05) is 36.4 Å². The lowest BCUT2D eigenvalue weighted by Gasteiger charge is -2.11. The molecule has 0 bridgehead atoms. The van der Waals surface area contributed by atoms with Crippen LogP contribution in [-0.2, 0) is 7.05 Å². The van der Waals surface area contributed by atoms with Crippen LogP contribution in [0.15, 0.2) is 200 Å². The lowest BCUT2D eigenvalue weighted by atomic mass is 10.0. The van der Waals surface area contributed by atoms with E-state index < -0.39 is 0 Å². The van der Waals surface area contributed by atoms with Crippen molar-refractivity contribution in [2.75, 3.05) is 0 Å². The second-order valence-corrected chi connectivity index (χ2v) is 14.7. The Labute approximate surface area is 330 Å². The molecule has 4 heteroatoms. The van der Waals surface area contributed by atoms with Gasteiger partial charge >= 0.3 is 0 Å². The molecule has 268 valence electrons. The number of nitrogens with zero attached hydrogens (tertiary/aromatic N) is 4. The molecule has 0 radical (unpaired) electrons. The summed E-state index contributed by atoms with van der Waals surface area (Å²) in [7, 11) is 2.15. The zero-order chi connectivity index (χ0) is 37.9. The molecule has 11 aromatic rings. The van der Waals surface area contributed by atoms with Crippen LogP contribution in [-0.4, -0.2) is 19.1 Å². The molecule has 0 aliphatic rings. The Morgan fingerprint density at radius 2 is 0.772 bits per heavy atom. The molecule has 8 aromatic carbocycles. The summed E-state index contributed by atoms with van der Waals surface area (Å²) in [6, 6.07) is 71.4. The number of aromatic nitrogens is 4. The van der Waals surface area contributed by atoms with Gasteiger partial charge in [-0.05, 0) is 76.9 Å². The van der Waals surface area contributed by atoms with Crippen molar-refractivity contribution in [3.8, 4) is 61.8 Å². The van der Waals surface area contributed by atoms with E-state index in [1.165, 1.54) is 54.7 Å². The summed E-state index contributed by atoms with van der Waals surface area (Å²) in [5.41, 5.74) is 15.6. The van der Waals surface area contributed by atoms with Gasteiger partial charge in [-0.25, -0.2) is 9.97 Å². The Balaban J connectivity index is 0.971. The molecule has 11 rings (SSSR count). The van der Waals surface area contributed by atoms with Crippen LogP contribution in [0.5, 0.6) is 0 Å². The van der Waals surface area contributed by atoms with Gasteiger partial charge in [0.1, 0.15) is 0 Å². The first-order valence-corrected chi connectivity index (χ1v) is 19.4. The highest BCUT2D eigenvalue weighted by molar-refractivity contribution is 6.11. The molecule has 0 atom stereocenters. The van der Waals surface area contributed by atoms with Crippen molar-refractivity contribution in [3.63, 3.8) is 0 Å². The normalized spacial score (nSPS) is 11.6. The zero-order valence-corrected chi connectivity index (χ0v) is 31.3. The van der Waals surface area contributed by atoms with Gasteiger partial charge in [0.15, 0.2) is 5.82 Å². The summed E-state index contributed by atoms with van der Waals surface area (Å²) in [5.74, 6) is 0.708. The van der Waals surface area contributed by atoms with E-state index in [1.54, 1.807) is 0 Å². The number of hydrogen-bond acceptors (Lipinski definition) is 2. The average molecular weight is 729 g/mol. The fourth-order valence-electron chi connectivity index (χ4n) is 8.50. The van der Waals surface area contributed by atoms with E-state index in [4.69, 9.17) is 9.97 Å². The molecule has 57 heavy (non-hydrogen) atoms. The average Bonchev–Trinajstić information content (AvgIpc) is 3.77. The van der Waals surface area contributed by atoms with Crippen molar-refractivity contribution < 1.29 is 0 Å². The van der Waals surface area contributed by atoms with E-state index in [-0.39, 0.29) is 0 Å². The van der Waals surface area contributed by atoms with Gasteiger partial charge < -0.3 is 9.13 Å². The topological polar surface area (TPSA) is 35.6 Å². The summed E-state index contributed by atoms with van der Waals surface area (Å²) in [6.45, 7) is 0. The Bertz CT molecular complexity index is 3230. The maximum Gasteiger partial charge on any atom is 0.160 e. The minimum atomic E-state index is 0.708. The lowest BCUT2D eigenvalue weighted by molar-refractivity contribution is 1.01. The second-order valence-electron chi connectivity index (χ2n) is 14.7. The summed E-state index contributed by atoms with van der Waals surface area (Å²) in [6.07, 6.45) is 0. The van der Waals surface area contributed by atoms with Crippen LogP contribution >= 0.6 is 0 Å². The number of fused-ring (bicyclic) bond motifs is 6. The van der Waals surface area contributed by atoms with Crippen LogP contribution < -0.4 is 0 Å². The molecule has 0 saturated heterocycles. The quantitative estimate of drug-likeness (QED) is 0.171. The Hall–Kier alpha value is -7.56. The standard InChI is InChI=1S/C53H36N4/c1-56-49-21-10-8-19-43(49)45-33-41(27-29-50(45)56)39-17-12-18-42(31-39)57-51-22-11-9-20-44(51)46-32-40(28-30-52(46)57)35-23-25-38(26-24-35)53-54-47(36-13-4-2-5-14-36)34-48(55-53)37-15-6-3-7-16-37/h2-34H,1H3. The van der Waals surface area contributed by atoms with E-state index in [2.05, 4.69) is 180 Å². The summed E-state index contributed by atoms with van der Waals surface area (Å²) in [5, 5.41) is 5.01. The first kappa shape index (κ1) is 32.8. The SMILES string of the molecule is Cn1c2ccccc2c2cc(-c3cccc(-n4c5ccccc5c5cc(-c6ccc(-c7nc(-c8ccccc8)cc(-c8ccccc8)n7)cc6)ccc54)c3)ccc21. The fraction of sp³-hybridized carbons (Fsp3) is 0.0189. The summed E-state index contributed by atoms with van der Waals surface area (Å²) in [4.78, 5) is 10.1. The molecule has 0 saturated carbocycles. The van der Waals surface area contributed by atoms with Gasteiger partial charge in [-0.1, -0.05) is 146 Å². The molecule has 3 heterocycles. The maximum atomic E-state index is 5.05. The third-order valence-electron chi connectivity index (χ3n) is 11.4. The van der Waals surface area contributed by atoms with Gasteiger partial charge in [0.2, 0.25) is 0 Å². The molecular formula is C53H36N4. The number of benzene rings is 8. The van der Waals surface area contributed by atoms with Crippen molar-refractivity contribution >= 4 is 43.6 Å². The largest absolute Gasteiger partial charge is 0.344 e. The zero-order valence-electron chi connectivity index (χ0n) is 31.3. The van der Waals surface area contributed by atoms with Crippen molar-refractivity contribution in [3.05, 3.63) is 200 Å². The van der Waals surface area contributed by atoms with Gasteiger partial charge in [-0.3, -0.25) is 0 Å². The van der Waals surface area contributed by atoms with E-state index >= 15 is 0 Å². The Kier molecular flexibility index (Phi) is 7.68. The van der Waals surface area contributed by atoms with Crippen LogP contribution in [0.2, 0.25) is 0 Å². The maximum absolute atomic E-state index is 5.05. The molecule has 0 spiro atoms. The smallest absolute Gasteiger partial charge is 0.160 e. The van der Waals surface area contributed by atoms with Crippen molar-refractivity contribution in [2.24, 2.45) is 7.05 Å². The highest BCUT2D eigenvalue weighted by Gasteiger charge is 2.16. The Morgan fingerprint density at radius 1 is 0.316 bits per heavy atom. The van der Waals surface area contributed by atoms with Gasteiger partial charge in [-0.2, -0.15) is 0 Å². The molecule has 0 amide bonds. The van der Waals surface area contributed by atoms with Crippen molar-refractivity contribution in [2.45, 2.75) is 0 Å². The number of rotatable bonds is 6. The van der Waals surface area contributed by atoms with E-state index in [9.17, 15) is 0 Å². The molecule has 3 aromatic heterocycles. The molecule has 0 aliphatic carbocycles. The number of aryl methyl sites for hydroxylation is 1. The van der Waals surface area contributed by atoms with E-state index in [0.29, 0.717) is 5.82 Å². The first-order valence-electron chi connectivity index (χ1n) is 19.4. The minimum absolute atomic E-state index is 0.708. The van der Waals surface area contributed by atoms with Gasteiger partial charge in [0.25, 0.3) is 0 Å². The molecule has 0 fully saturated rings. The molecule has 4 nitrogen and oxygen atoms in total. The van der Waals surface area contributed by atoms with Crippen LogP contribution in [0, 0.1) is 0 Å². The third-order valence-corrected chi connectivity index (χ3v) is 11.4. The van der Waals surface area contributed by atoms with Crippen LogP contribution in [0.4, 0.5) is 0 Å². The Morgan fingerprint density at radius 3 is 1.46 bits per heavy atom. The molecule has 0 aliphatic heterocycles. The minimum Gasteiger partial charge on any atom is -0.344 e. The second kappa shape index (κ2) is 13.3. The van der Waals surface area contributed by atoms with Crippen molar-refractivity contribution in [1.29, 1.82) is 0 Å². The highest BCUT2D eigenvalue weighted by atomic mass is 15.0. The predicted octanol–water partition coefficient (Wildman–Crippen LogP) is 13.6. The van der Waals surface area contributed by atoms with Crippen LogP contribution in [0.3, 0.4) is 0 Å². The highest BCUT2D eigenvalue weighted by Crippen LogP contribution is 2.38.